The molecule has 0 radical (unpaired) electrons. The molecule has 1 unspecified atom stereocenters. The van der Waals surface area contributed by atoms with Gasteiger partial charge in [-0.05, 0) is 26.7 Å². The number of nitrogens with zero attached hydrogens (tertiary/aromatic N) is 2. The first kappa shape index (κ1) is 16.0. The van der Waals surface area contributed by atoms with Crippen molar-refractivity contribution in [3.63, 3.8) is 0 Å². The third-order valence-electron chi connectivity index (χ3n) is 3.21. The first-order chi connectivity index (χ1) is 9.04. The third-order valence-corrected chi connectivity index (χ3v) is 3.38. The quantitative estimate of drug-likeness (QED) is 0.749. The summed E-state index contributed by atoms with van der Waals surface area (Å²) >= 11 is 5.71. The minimum atomic E-state index is -0.129. The summed E-state index contributed by atoms with van der Waals surface area (Å²) in [5.74, 6) is 0.335. The van der Waals surface area contributed by atoms with Crippen LogP contribution in [0.5, 0.6) is 0 Å². The highest BCUT2D eigenvalue weighted by molar-refractivity contribution is 6.17. The first-order valence-electron chi connectivity index (χ1n) is 6.56. The Labute approximate surface area is 118 Å². The number of hydrogen-bond donors (Lipinski definition) is 2. The van der Waals surface area contributed by atoms with E-state index < -0.39 is 0 Å². The van der Waals surface area contributed by atoms with Crippen LogP contribution in [0.2, 0.25) is 0 Å². The molecule has 5 nitrogen and oxygen atoms in total. The zero-order valence-corrected chi connectivity index (χ0v) is 12.5. The zero-order chi connectivity index (χ0) is 14.4. The number of aryl methyl sites for hydroxylation is 2. The van der Waals surface area contributed by atoms with Gasteiger partial charge in [0.15, 0.2) is 0 Å². The standard InChI is InChI=1S/C13H22ClN3O2/c1-4-11(5-8-18)15-13(19)12-9(2)16-17(7-6-14)10(12)3/h11,18H,4-8H2,1-3H3,(H,15,19). The van der Waals surface area contributed by atoms with E-state index in [1.165, 1.54) is 0 Å². The summed E-state index contributed by atoms with van der Waals surface area (Å²) in [6.45, 7) is 6.34. The average Bonchev–Trinajstić information content (AvgIpc) is 2.64. The molecule has 0 aliphatic carbocycles. The smallest absolute Gasteiger partial charge is 0.255 e. The van der Waals surface area contributed by atoms with Crippen LogP contribution in [0.4, 0.5) is 0 Å². The number of carbonyl (C=O) groups is 1. The molecule has 0 fully saturated rings. The number of halogens is 1. The molecule has 0 saturated heterocycles. The first-order valence-corrected chi connectivity index (χ1v) is 7.10. The van der Waals surface area contributed by atoms with E-state index in [0.717, 1.165) is 12.1 Å². The van der Waals surface area contributed by atoms with Crippen molar-refractivity contribution in [2.45, 2.75) is 46.2 Å². The SMILES string of the molecule is CCC(CCO)NC(=O)c1c(C)nn(CCCl)c1C. The maximum absolute atomic E-state index is 12.3. The lowest BCUT2D eigenvalue weighted by Crippen LogP contribution is -2.35. The summed E-state index contributed by atoms with van der Waals surface area (Å²) in [5.41, 5.74) is 2.15. The molecule has 1 amide bonds. The van der Waals surface area contributed by atoms with Crippen molar-refractivity contribution in [1.82, 2.24) is 15.1 Å². The highest BCUT2D eigenvalue weighted by atomic mass is 35.5. The van der Waals surface area contributed by atoms with Crippen LogP contribution in [0.3, 0.4) is 0 Å². The molecule has 0 bridgehead atoms. The predicted molar refractivity (Wildman–Crippen MR) is 75.7 cm³/mol. The largest absolute Gasteiger partial charge is 0.396 e. The van der Waals surface area contributed by atoms with E-state index in [1.54, 1.807) is 4.68 Å². The molecular weight excluding hydrogens is 266 g/mol. The number of carbonyl (C=O) groups excluding carboxylic acids is 1. The maximum Gasteiger partial charge on any atom is 0.255 e. The Morgan fingerprint density at radius 2 is 2.21 bits per heavy atom. The number of aliphatic hydroxyl groups is 1. The molecule has 0 spiro atoms. The number of nitrogens with one attached hydrogen (secondary N) is 1. The number of aliphatic hydroxyl groups excluding tert-OH is 1. The van der Waals surface area contributed by atoms with Gasteiger partial charge in [0.2, 0.25) is 0 Å². The van der Waals surface area contributed by atoms with Gasteiger partial charge in [-0.25, -0.2) is 0 Å². The fourth-order valence-corrected chi connectivity index (χ4v) is 2.28. The topological polar surface area (TPSA) is 67.2 Å². The zero-order valence-electron chi connectivity index (χ0n) is 11.7. The van der Waals surface area contributed by atoms with Gasteiger partial charge >= 0.3 is 0 Å². The molecule has 1 atom stereocenters. The van der Waals surface area contributed by atoms with Gasteiger partial charge in [-0.2, -0.15) is 5.10 Å². The molecule has 2 N–H and O–H groups in total. The number of amides is 1. The Kier molecular flexibility index (Phi) is 6.31. The lowest BCUT2D eigenvalue weighted by molar-refractivity contribution is 0.0928. The number of hydrogen-bond acceptors (Lipinski definition) is 3. The summed E-state index contributed by atoms with van der Waals surface area (Å²) in [6, 6.07) is -0.00678. The van der Waals surface area contributed by atoms with Crippen LogP contribution >= 0.6 is 11.6 Å². The molecule has 0 aromatic carbocycles. The van der Waals surface area contributed by atoms with Crippen molar-refractivity contribution in [1.29, 1.82) is 0 Å². The second kappa shape index (κ2) is 7.50. The minimum Gasteiger partial charge on any atom is -0.396 e. The van der Waals surface area contributed by atoms with Crippen LogP contribution in [-0.4, -0.2) is 39.3 Å². The van der Waals surface area contributed by atoms with E-state index >= 15 is 0 Å². The van der Waals surface area contributed by atoms with E-state index in [-0.39, 0.29) is 18.6 Å². The van der Waals surface area contributed by atoms with Gasteiger partial charge in [-0.3, -0.25) is 9.48 Å². The molecule has 6 heteroatoms. The highest BCUT2D eigenvalue weighted by Crippen LogP contribution is 2.14. The fourth-order valence-electron chi connectivity index (χ4n) is 2.12. The second-order valence-corrected chi connectivity index (χ2v) is 4.93. The second-order valence-electron chi connectivity index (χ2n) is 4.55. The fraction of sp³-hybridized carbons (Fsp3) is 0.692. The average molecular weight is 288 g/mol. The Balaban J connectivity index is 2.87. The number of alkyl halides is 1. The van der Waals surface area contributed by atoms with Crippen molar-refractivity contribution >= 4 is 17.5 Å². The Bertz CT molecular complexity index is 432. The number of aromatic nitrogens is 2. The Morgan fingerprint density at radius 1 is 1.53 bits per heavy atom. The van der Waals surface area contributed by atoms with Gasteiger partial charge < -0.3 is 10.4 Å². The Morgan fingerprint density at radius 3 is 2.74 bits per heavy atom. The minimum absolute atomic E-state index is 0.00678. The van der Waals surface area contributed by atoms with Crippen molar-refractivity contribution in [2.24, 2.45) is 0 Å². The van der Waals surface area contributed by atoms with Gasteiger partial charge in [0.25, 0.3) is 5.91 Å². The monoisotopic (exact) mass is 287 g/mol. The molecule has 1 heterocycles. The van der Waals surface area contributed by atoms with E-state index in [2.05, 4.69) is 10.4 Å². The van der Waals surface area contributed by atoms with Crippen LogP contribution < -0.4 is 5.32 Å². The van der Waals surface area contributed by atoms with Crippen molar-refractivity contribution in [2.75, 3.05) is 12.5 Å². The molecule has 19 heavy (non-hydrogen) atoms. The molecule has 0 aliphatic rings. The van der Waals surface area contributed by atoms with E-state index in [1.807, 2.05) is 20.8 Å². The van der Waals surface area contributed by atoms with Crippen LogP contribution in [0.15, 0.2) is 0 Å². The predicted octanol–water partition coefficient (Wildman–Crippen LogP) is 1.63. The Hall–Kier alpha value is -1.07. The normalized spacial score (nSPS) is 12.5. The molecule has 0 saturated carbocycles. The van der Waals surface area contributed by atoms with Gasteiger partial charge in [0.05, 0.1) is 17.8 Å². The summed E-state index contributed by atoms with van der Waals surface area (Å²) in [7, 11) is 0. The lowest BCUT2D eigenvalue weighted by atomic mass is 10.1. The molecule has 1 rings (SSSR count). The lowest BCUT2D eigenvalue weighted by Gasteiger charge is -2.15. The van der Waals surface area contributed by atoms with E-state index in [9.17, 15) is 4.79 Å². The molecule has 1 aromatic heterocycles. The summed E-state index contributed by atoms with van der Waals surface area (Å²) < 4.78 is 1.75. The molecule has 0 aliphatic heterocycles. The molecule has 1 aromatic rings. The van der Waals surface area contributed by atoms with E-state index in [0.29, 0.717) is 30.1 Å². The third kappa shape index (κ3) is 3.94. The van der Waals surface area contributed by atoms with Crippen LogP contribution in [0.1, 0.15) is 41.5 Å². The molecular formula is C13H22ClN3O2. The van der Waals surface area contributed by atoms with Gasteiger partial charge in [-0.1, -0.05) is 6.92 Å². The van der Waals surface area contributed by atoms with Crippen LogP contribution in [0.25, 0.3) is 0 Å². The number of rotatable bonds is 7. The van der Waals surface area contributed by atoms with Crippen molar-refractivity contribution < 1.29 is 9.90 Å². The van der Waals surface area contributed by atoms with Crippen LogP contribution in [0, 0.1) is 13.8 Å². The van der Waals surface area contributed by atoms with Crippen LogP contribution in [-0.2, 0) is 6.54 Å². The highest BCUT2D eigenvalue weighted by Gasteiger charge is 2.20. The van der Waals surface area contributed by atoms with Crippen molar-refractivity contribution in [3.05, 3.63) is 17.0 Å². The van der Waals surface area contributed by atoms with Gasteiger partial charge in [0, 0.05) is 24.2 Å². The van der Waals surface area contributed by atoms with E-state index in [4.69, 9.17) is 16.7 Å². The van der Waals surface area contributed by atoms with Crippen molar-refractivity contribution in [3.8, 4) is 0 Å². The van der Waals surface area contributed by atoms with Gasteiger partial charge in [0.1, 0.15) is 0 Å². The maximum atomic E-state index is 12.3. The summed E-state index contributed by atoms with van der Waals surface area (Å²) in [6.07, 6.45) is 1.36. The molecule has 108 valence electrons. The summed E-state index contributed by atoms with van der Waals surface area (Å²) in [4.78, 5) is 12.3. The summed E-state index contributed by atoms with van der Waals surface area (Å²) in [5, 5.41) is 16.2. The van der Waals surface area contributed by atoms with Gasteiger partial charge in [-0.15, -0.1) is 11.6 Å².